The van der Waals surface area contributed by atoms with Gasteiger partial charge in [-0.2, -0.15) is 0 Å². The van der Waals surface area contributed by atoms with Crippen molar-refractivity contribution < 1.29 is 5.21 Å². The van der Waals surface area contributed by atoms with Gasteiger partial charge in [-0.1, -0.05) is 45.1 Å². The van der Waals surface area contributed by atoms with Crippen LogP contribution >= 0.6 is 0 Å². The molecule has 0 saturated heterocycles. The second kappa shape index (κ2) is 6.02. The molecular weight excluding hydrogens is 262 g/mol. The number of hydroxylamine groups is 1. The highest BCUT2D eigenvalue weighted by molar-refractivity contribution is 5.52. The molecule has 0 aromatic heterocycles. The van der Waals surface area contributed by atoms with Crippen LogP contribution in [-0.2, 0) is 6.54 Å². The van der Waals surface area contributed by atoms with Crippen molar-refractivity contribution >= 4 is 5.69 Å². The highest BCUT2D eigenvalue weighted by Crippen LogP contribution is 2.35. The van der Waals surface area contributed by atoms with Gasteiger partial charge in [-0.3, -0.25) is 0 Å². The monoisotopic (exact) mass is 287 g/mol. The molecule has 0 bridgehead atoms. The lowest BCUT2D eigenvalue weighted by Gasteiger charge is -2.40. The van der Waals surface area contributed by atoms with E-state index in [4.69, 9.17) is 10.9 Å². The van der Waals surface area contributed by atoms with Crippen LogP contribution in [0.5, 0.6) is 0 Å². The lowest BCUT2D eigenvalue weighted by Crippen LogP contribution is -2.50. The Balaban J connectivity index is 2.01. The maximum absolute atomic E-state index is 8.67. The molecular formula is C17H25N3O. The molecule has 1 aromatic rings. The van der Waals surface area contributed by atoms with Gasteiger partial charge in [-0.05, 0) is 35.6 Å². The van der Waals surface area contributed by atoms with Gasteiger partial charge in [0.15, 0.2) is 0 Å². The van der Waals surface area contributed by atoms with Crippen LogP contribution in [0.3, 0.4) is 0 Å². The quantitative estimate of drug-likeness (QED) is 0.642. The number of nitrogens with one attached hydrogen (secondary N) is 2. The Kier molecular flexibility index (Phi) is 4.52. The Morgan fingerprint density at radius 1 is 1.24 bits per heavy atom. The first kappa shape index (κ1) is 15.8. The molecule has 1 aliphatic rings. The van der Waals surface area contributed by atoms with Gasteiger partial charge in [0, 0.05) is 23.5 Å². The second-order valence-corrected chi connectivity index (χ2v) is 6.64. The molecule has 114 valence electrons. The third-order valence-corrected chi connectivity index (χ3v) is 4.14. The van der Waals surface area contributed by atoms with Crippen LogP contribution in [0.15, 0.2) is 48.2 Å². The second-order valence-electron chi connectivity index (χ2n) is 6.64. The summed E-state index contributed by atoms with van der Waals surface area (Å²) in [6.45, 7) is 6.94. The SMILES string of the molecule is CC(C)(C)C1(N)C=CC(Nc2ccc(CNO)cc2)=CC1. The molecule has 0 spiro atoms. The summed E-state index contributed by atoms with van der Waals surface area (Å²) in [6.07, 6.45) is 7.12. The molecule has 5 N–H and O–H groups in total. The van der Waals surface area contributed by atoms with Crippen LogP contribution in [-0.4, -0.2) is 10.7 Å². The third kappa shape index (κ3) is 3.73. The van der Waals surface area contributed by atoms with Gasteiger partial charge in [-0.25, -0.2) is 5.48 Å². The average Bonchev–Trinajstić information content (AvgIpc) is 2.43. The Hall–Kier alpha value is -1.62. The molecule has 1 atom stereocenters. The highest BCUT2D eigenvalue weighted by atomic mass is 16.5. The zero-order chi connectivity index (χ0) is 15.5. The molecule has 0 amide bonds. The van der Waals surface area contributed by atoms with Crippen LogP contribution in [0, 0.1) is 5.41 Å². The number of anilines is 1. The van der Waals surface area contributed by atoms with Gasteiger partial charge in [0.2, 0.25) is 0 Å². The van der Waals surface area contributed by atoms with E-state index >= 15 is 0 Å². The first-order chi connectivity index (χ1) is 9.84. The first-order valence-electron chi connectivity index (χ1n) is 7.25. The Morgan fingerprint density at radius 3 is 2.38 bits per heavy atom. The largest absolute Gasteiger partial charge is 0.356 e. The van der Waals surface area contributed by atoms with Crippen molar-refractivity contribution in [2.75, 3.05) is 5.32 Å². The number of allylic oxidation sites excluding steroid dienone is 1. The molecule has 0 saturated carbocycles. The highest BCUT2D eigenvalue weighted by Gasteiger charge is 2.36. The minimum absolute atomic E-state index is 0.0322. The molecule has 1 unspecified atom stereocenters. The molecule has 1 aliphatic carbocycles. The Bertz CT molecular complexity index is 540. The van der Waals surface area contributed by atoms with Gasteiger partial charge < -0.3 is 16.3 Å². The topological polar surface area (TPSA) is 70.3 Å². The summed E-state index contributed by atoms with van der Waals surface area (Å²) in [4.78, 5) is 0. The Morgan fingerprint density at radius 2 is 1.90 bits per heavy atom. The number of hydrogen-bond donors (Lipinski definition) is 4. The zero-order valence-electron chi connectivity index (χ0n) is 13.0. The van der Waals surface area contributed by atoms with Crippen molar-refractivity contribution in [3.05, 3.63) is 53.8 Å². The maximum atomic E-state index is 8.67. The van der Waals surface area contributed by atoms with Crippen LogP contribution in [0.1, 0.15) is 32.8 Å². The predicted octanol–water partition coefficient (Wildman–Crippen LogP) is 3.16. The standard InChI is InChI=1S/C17H25N3O/c1-16(2,3)17(18)10-8-15(9-11-17)20-14-6-4-13(5-7-14)12-19-21/h4-10,19-21H,11-12,18H2,1-3H3. The van der Waals surface area contributed by atoms with E-state index in [1.54, 1.807) is 0 Å². The average molecular weight is 287 g/mol. The van der Waals surface area contributed by atoms with Gasteiger partial charge >= 0.3 is 0 Å². The molecule has 2 rings (SSSR count). The number of benzene rings is 1. The molecule has 0 radical (unpaired) electrons. The number of rotatable bonds is 4. The fourth-order valence-electron chi connectivity index (χ4n) is 2.27. The summed E-state index contributed by atoms with van der Waals surface area (Å²) in [6, 6.07) is 7.94. The zero-order valence-corrected chi connectivity index (χ0v) is 13.0. The van der Waals surface area contributed by atoms with Crippen molar-refractivity contribution in [3.63, 3.8) is 0 Å². The maximum Gasteiger partial charge on any atom is 0.0458 e. The predicted molar refractivity (Wildman–Crippen MR) is 86.9 cm³/mol. The van der Waals surface area contributed by atoms with Crippen LogP contribution in [0.2, 0.25) is 0 Å². The summed E-state index contributed by atoms with van der Waals surface area (Å²) in [5.74, 6) is 0. The smallest absolute Gasteiger partial charge is 0.0458 e. The minimum atomic E-state index is -0.297. The van der Waals surface area contributed by atoms with Crippen LogP contribution in [0.4, 0.5) is 5.69 Å². The molecule has 21 heavy (non-hydrogen) atoms. The fraction of sp³-hybridized carbons (Fsp3) is 0.412. The molecule has 4 nitrogen and oxygen atoms in total. The van der Waals surface area contributed by atoms with Crippen molar-refractivity contribution in [1.29, 1.82) is 0 Å². The van der Waals surface area contributed by atoms with Crippen molar-refractivity contribution in [3.8, 4) is 0 Å². The summed E-state index contributed by atoms with van der Waals surface area (Å²) in [5, 5.41) is 12.0. The van der Waals surface area contributed by atoms with Gasteiger partial charge in [0.25, 0.3) is 0 Å². The molecule has 1 aromatic carbocycles. The van der Waals surface area contributed by atoms with E-state index in [9.17, 15) is 0 Å². The molecule has 0 fully saturated rings. The van der Waals surface area contributed by atoms with E-state index in [1.165, 1.54) is 0 Å². The van der Waals surface area contributed by atoms with E-state index in [1.807, 2.05) is 24.3 Å². The van der Waals surface area contributed by atoms with E-state index in [-0.39, 0.29) is 11.0 Å². The van der Waals surface area contributed by atoms with Crippen molar-refractivity contribution in [2.24, 2.45) is 11.1 Å². The molecule has 0 aliphatic heterocycles. The normalized spacial score (nSPS) is 22.0. The van der Waals surface area contributed by atoms with Crippen LogP contribution < -0.4 is 16.5 Å². The lowest BCUT2D eigenvalue weighted by molar-refractivity contribution is 0.161. The van der Waals surface area contributed by atoms with Crippen LogP contribution in [0.25, 0.3) is 0 Å². The van der Waals surface area contributed by atoms with Gasteiger partial charge in [-0.15, -0.1) is 0 Å². The Labute approximate surface area is 126 Å². The summed E-state index contributed by atoms with van der Waals surface area (Å²) in [7, 11) is 0. The summed E-state index contributed by atoms with van der Waals surface area (Å²) >= 11 is 0. The van der Waals surface area contributed by atoms with E-state index in [0.29, 0.717) is 6.54 Å². The first-order valence-corrected chi connectivity index (χ1v) is 7.25. The number of nitrogens with two attached hydrogens (primary N) is 1. The van der Waals surface area contributed by atoms with E-state index in [2.05, 4.69) is 49.8 Å². The molecule has 0 heterocycles. The fourth-order valence-corrected chi connectivity index (χ4v) is 2.27. The van der Waals surface area contributed by atoms with Crippen molar-refractivity contribution in [2.45, 2.75) is 39.3 Å². The summed E-state index contributed by atoms with van der Waals surface area (Å²) in [5.41, 5.74) is 11.5. The van der Waals surface area contributed by atoms with E-state index < -0.39 is 0 Å². The van der Waals surface area contributed by atoms with Gasteiger partial charge in [0.05, 0.1) is 0 Å². The van der Waals surface area contributed by atoms with Gasteiger partial charge in [0.1, 0.15) is 0 Å². The minimum Gasteiger partial charge on any atom is -0.356 e. The summed E-state index contributed by atoms with van der Waals surface area (Å²) < 4.78 is 0. The van der Waals surface area contributed by atoms with Crippen molar-refractivity contribution in [1.82, 2.24) is 5.48 Å². The molecule has 4 heteroatoms. The lowest BCUT2D eigenvalue weighted by atomic mass is 9.70. The van der Waals surface area contributed by atoms with E-state index in [0.717, 1.165) is 23.4 Å². The third-order valence-electron chi connectivity index (χ3n) is 4.14. The number of hydrogen-bond acceptors (Lipinski definition) is 4.